The summed E-state index contributed by atoms with van der Waals surface area (Å²) in [5.41, 5.74) is 7.70. The van der Waals surface area contributed by atoms with Crippen molar-refractivity contribution in [1.82, 2.24) is 0 Å². The molecule has 1 heteroatoms. The summed E-state index contributed by atoms with van der Waals surface area (Å²) < 4.78 is 0. The third kappa shape index (κ3) is 3.93. The molecule has 3 aromatic rings. The molecule has 0 aliphatic heterocycles. The summed E-state index contributed by atoms with van der Waals surface area (Å²) in [7, 11) is 0. The molecule has 0 saturated carbocycles. The van der Waals surface area contributed by atoms with Crippen LogP contribution in [0.1, 0.15) is 37.5 Å². The minimum atomic E-state index is 1.07. The fraction of sp³-hybridized carbons (Fsp3) is 0.250. The second kappa shape index (κ2) is 8.02. The van der Waals surface area contributed by atoms with E-state index < -0.39 is 0 Å². The smallest absolute Gasteiger partial charge is 0.0461 e. The van der Waals surface area contributed by atoms with E-state index in [-0.39, 0.29) is 0 Å². The van der Waals surface area contributed by atoms with Crippen LogP contribution in [0.4, 0.5) is 17.1 Å². The zero-order chi connectivity index (χ0) is 17.6. The molecule has 0 unspecified atom stereocenters. The second-order valence-corrected chi connectivity index (χ2v) is 6.40. The molecule has 3 aromatic carbocycles. The van der Waals surface area contributed by atoms with Crippen molar-refractivity contribution < 1.29 is 0 Å². The standard InChI is InChI=1S/C24H27N/c1-4-19-7-13-22(14-8-19)25(23-15-9-20(5-2)10-16-23)24-17-11-21(6-3)12-18-24/h7-18H,4-6H2,1-3H3. The third-order valence-electron chi connectivity index (χ3n) is 4.81. The van der Waals surface area contributed by atoms with Crippen LogP contribution in [0.5, 0.6) is 0 Å². The van der Waals surface area contributed by atoms with E-state index in [1.807, 2.05) is 0 Å². The van der Waals surface area contributed by atoms with Crippen molar-refractivity contribution in [3.63, 3.8) is 0 Å². The Kier molecular flexibility index (Phi) is 5.55. The molecule has 25 heavy (non-hydrogen) atoms. The zero-order valence-electron chi connectivity index (χ0n) is 15.5. The summed E-state index contributed by atoms with van der Waals surface area (Å²) in [5, 5.41) is 0. The van der Waals surface area contributed by atoms with Crippen LogP contribution >= 0.6 is 0 Å². The number of hydrogen-bond donors (Lipinski definition) is 0. The second-order valence-electron chi connectivity index (χ2n) is 6.40. The number of aryl methyl sites for hydroxylation is 3. The van der Waals surface area contributed by atoms with Crippen molar-refractivity contribution in [2.75, 3.05) is 4.90 Å². The number of hydrogen-bond acceptors (Lipinski definition) is 1. The molecule has 0 bridgehead atoms. The van der Waals surface area contributed by atoms with E-state index >= 15 is 0 Å². The molecule has 0 amide bonds. The number of benzene rings is 3. The lowest BCUT2D eigenvalue weighted by atomic mass is 10.1. The first-order valence-corrected chi connectivity index (χ1v) is 9.32. The molecule has 0 aromatic heterocycles. The fourth-order valence-corrected chi connectivity index (χ4v) is 3.09. The molecule has 3 rings (SSSR count). The van der Waals surface area contributed by atoms with E-state index in [2.05, 4.69) is 98.5 Å². The highest BCUT2D eigenvalue weighted by atomic mass is 15.1. The first kappa shape index (κ1) is 17.3. The van der Waals surface area contributed by atoms with Gasteiger partial charge in [-0.05, 0) is 72.4 Å². The summed E-state index contributed by atoms with van der Waals surface area (Å²) in [4.78, 5) is 2.33. The Hall–Kier alpha value is -2.54. The normalized spacial score (nSPS) is 10.7. The van der Waals surface area contributed by atoms with E-state index in [4.69, 9.17) is 0 Å². The average Bonchev–Trinajstić information content (AvgIpc) is 2.70. The quantitative estimate of drug-likeness (QED) is 0.478. The van der Waals surface area contributed by atoms with E-state index in [9.17, 15) is 0 Å². The van der Waals surface area contributed by atoms with Gasteiger partial charge in [0.1, 0.15) is 0 Å². The molecular formula is C24H27N. The molecule has 1 nitrogen and oxygen atoms in total. The van der Waals surface area contributed by atoms with Gasteiger partial charge in [0.15, 0.2) is 0 Å². The monoisotopic (exact) mass is 329 g/mol. The Labute approximate surface area is 151 Å². The van der Waals surface area contributed by atoms with Gasteiger partial charge in [0, 0.05) is 17.1 Å². The van der Waals surface area contributed by atoms with Crippen molar-refractivity contribution in [2.45, 2.75) is 40.0 Å². The highest BCUT2D eigenvalue weighted by Gasteiger charge is 2.12. The molecule has 0 fully saturated rings. The number of nitrogens with zero attached hydrogens (tertiary/aromatic N) is 1. The Bertz CT molecular complexity index is 670. The molecule has 0 N–H and O–H groups in total. The minimum Gasteiger partial charge on any atom is -0.311 e. The Balaban J connectivity index is 2.04. The van der Waals surface area contributed by atoms with Crippen LogP contribution in [0, 0.1) is 0 Å². The van der Waals surface area contributed by atoms with Crippen molar-refractivity contribution in [1.29, 1.82) is 0 Å². The predicted octanol–water partition coefficient (Wildman–Crippen LogP) is 6.84. The molecule has 0 atom stereocenters. The molecular weight excluding hydrogens is 302 g/mol. The summed E-state index contributed by atoms with van der Waals surface area (Å²) in [6, 6.07) is 26.7. The minimum absolute atomic E-state index is 1.07. The molecule has 0 heterocycles. The van der Waals surface area contributed by atoms with E-state index in [0.717, 1.165) is 19.3 Å². The molecule has 128 valence electrons. The lowest BCUT2D eigenvalue weighted by Gasteiger charge is -2.26. The predicted molar refractivity (Wildman–Crippen MR) is 109 cm³/mol. The Morgan fingerprint density at radius 2 is 0.680 bits per heavy atom. The van der Waals surface area contributed by atoms with Gasteiger partial charge in [-0.2, -0.15) is 0 Å². The topological polar surface area (TPSA) is 3.24 Å². The van der Waals surface area contributed by atoms with Crippen molar-refractivity contribution in [3.05, 3.63) is 89.5 Å². The van der Waals surface area contributed by atoms with Crippen LogP contribution in [0.3, 0.4) is 0 Å². The van der Waals surface area contributed by atoms with Crippen LogP contribution in [0.15, 0.2) is 72.8 Å². The summed E-state index contributed by atoms with van der Waals surface area (Å²) in [5.74, 6) is 0. The summed E-state index contributed by atoms with van der Waals surface area (Å²) >= 11 is 0. The molecule has 0 aliphatic rings. The average molecular weight is 329 g/mol. The Morgan fingerprint density at radius 3 is 0.880 bits per heavy atom. The summed E-state index contributed by atoms with van der Waals surface area (Å²) in [6.07, 6.45) is 3.20. The fourth-order valence-electron chi connectivity index (χ4n) is 3.09. The van der Waals surface area contributed by atoms with Crippen molar-refractivity contribution in [3.8, 4) is 0 Å². The highest BCUT2D eigenvalue weighted by Crippen LogP contribution is 2.34. The molecule has 0 aliphatic carbocycles. The maximum absolute atomic E-state index is 2.33. The van der Waals surface area contributed by atoms with Gasteiger partial charge in [0.2, 0.25) is 0 Å². The largest absolute Gasteiger partial charge is 0.311 e. The third-order valence-corrected chi connectivity index (χ3v) is 4.81. The van der Waals surface area contributed by atoms with Crippen LogP contribution in [-0.4, -0.2) is 0 Å². The van der Waals surface area contributed by atoms with Crippen molar-refractivity contribution in [2.24, 2.45) is 0 Å². The zero-order valence-corrected chi connectivity index (χ0v) is 15.5. The molecule has 0 radical (unpaired) electrons. The van der Waals surface area contributed by atoms with Gasteiger partial charge >= 0.3 is 0 Å². The maximum Gasteiger partial charge on any atom is 0.0461 e. The van der Waals surface area contributed by atoms with Gasteiger partial charge in [-0.3, -0.25) is 0 Å². The number of rotatable bonds is 6. The van der Waals surface area contributed by atoms with Crippen LogP contribution in [-0.2, 0) is 19.3 Å². The lowest BCUT2D eigenvalue weighted by molar-refractivity contribution is 1.12. The lowest BCUT2D eigenvalue weighted by Crippen LogP contribution is -2.10. The van der Waals surface area contributed by atoms with Gasteiger partial charge in [-0.15, -0.1) is 0 Å². The van der Waals surface area contributed by atoms with E-state index in [1.54, 1.807) is 0 Å². The van der Waals surface area contributed by atoms with Gasteiger partial charge < -0.3 is 4.90 Å². The van der Waals surface area contributed by atoms with E-state index in [1.165, 1.54) is 33.8 Å². The first-order valence-electron chi connectivity index (χ1n) is 9.32. The first-order chi connectivity index (χ1) is 12.2. The maximum atomic E-state index is 2.33. The van der Waals surface area contributed by atoms with Gasteiger partial charge in [-0.25, -0.2) is 0 Å². The number of anilines is 3. The van der Waals surface area contributed by atoms with Crippen LogP contribution in [0.25, 0.3) is 0 Å². The van der Waals surface area contributed by atoms with E-state index in [0.29, 0.717) is 0 Å². The highest BCUT2D eigenvalue weighted by molar-refractivity contribution is 5.76. The summed E-state index contributed by atoms with van der Waals surface area (Å²) in [6.45, 7) is 6.58. The van der Waals surface area contributed by atoms with Gasteiger partial charge in [0.25, 0.3) is 0 Å². The Morgan fingerprint density at radius 1 is 0.440 bits per heavy atom. The SMILES string of the molecule is CCc1ccc(N(c2ccc(CC)cc2)c2ccc(CC)cc2)cc1. The van der Waals surface area contributed by atoms with Gasteiger partial charge in [-0.1, -0.05) is 57.2 Å². The molecule has 0 spiro atoms. The molecule has 0 saturated heterocycles. The van der Waals surface area contributed by atoms with Gasteiger partial charge in [0.05, 0.1) is 0 Å². The van der Waals surface area contributed by atoms with Crippen LogP contribution in [0.2, 0.25) is 0 Å². The van der Waals surface area contributed by atoms with Crippen molar-refractivity contribution >= 4 is 17.1 Å². The van der Waals surface area contributed by atoms with Crippen LogP contribution < -0.4 is 4.90 Å².